The van der Waals surface area contributed by atoms with E-state index in [-0.39, 0.29) is 45.1 Å². The van der Waals surface area contributed by atoms with Crippen molar-refractivity contribution in [1.29, 1.82) is 0 Å². The van der Waals surface area contributed by atoms with E-state index in [0.29, 0.717) is 41.7 Å². The quantitative estimate of drug-likeness (QED) is 0.484. The predicted octanol–water partition coefficient (Wildman–Crippen LogP) is 4.01. The van der Waals surface area contributed by atoms with Crippen molar-refractivity contribution in [2.45, 2.75) is 70.4 Å². The highest BCUT2D eigenvalue weighted by Crippen LogP contribution is 2.49. The summed E-state index contributed by atoms with van der Waals surface area (Å²) in [5.74, 6) is -1.11. The Morgan fingerprint density at radius 1 is 1.20 bits per heavy atom. The van der Waals surface area contributed by atoms with Crippen LogP contribution in [0.1, 0.15) is 55.2 Å². The Labute approximate surface area is 232 Å². The Bertz CT molecular complexity index is 1660. The molecule has 0 radical (unpaired) electrons. The number of fused-ring (bicyclic) bond motifs is 5. The van der Waals surface area contributed by atoms with Gasteiger partial charge in [0, 0.05) is 31.1 Å². The second kappa shape index (κ2) is 8.74. The number of hydrogen-bond donors (Lipinski definition) is 2. The molecule has 1 unspecified atom stereocenters. The molecule has 3 aromatic rings. The summed E-state index contributed by atoms with van der Waals surface area (Å²) in [6, 6.07) is 2.44. The van der Waals surface area contributed by atoms with Crippen LogP contribution in [0, 0.1) is 13.8 Å². The number of alkyl halides is 2. The van der Waals surface area contributed by atoms with Gasteiger partial charge in [-0.2, -0.15) is 0 Å². The van der Waals surface area contributed by atoms with Gasteiger partial charge in [-0.15, -0.1) is 8.78 Å². The molecule has 4 aliphatic rings. The summed E-state index contributed by atoms with van der Waals surface area (Å²) in [4.78, 5) is 39.5. The number of aryl methyl sites for hydroxylation is 2. The van der Waals surface area contributed by atoms with Gasteiger partial charge in [-0.25, -0.2) is 9.97 Å². The zero-order valence-corrected chi connectivity index (χ0v) is 22.8. The standard InChI is InChI=1S/C27H27ClF2N6O4/c1-11-10-17(26(38)34-15-5-7-18-24(19(15)28)40-27(29,30)39-18)36-21(11)22(35-9-8-31-14-4-6-16(14)35)23(37)20-25(36)33-13(3)12(2)32-20/h5,7,11,14,16-17,31H,4,6,8-10H2,1-3H3,(H,34,38)/t11?,14-,16-,17+/m0/s1. The van der Waals surface area contributed by atoms with Crippen LogP contribution in [0.4, 0.5) is 20.2 Å². The number of aromatic nitrogens is 3. The number of benzene rings is 1. The lowest BCUT2D eigenvalue weighted by Gasteiger charge is -2.50. The van der Waals surface area contributed by atoms with Crippen molar-refractivity contribution in [3.8, 4) is 11.5 Å². The molecule has 1 saturated carbocycles. The molecule has 10 nitrogen and oxygen atoms in total. The third-order valence-corrected chi connectivity index (χ3v) is 8.94. The van der Waals surface area contributed by atoms with Gasteiger partial charge >= 0.3 is 6.29 Å². The van der Waals surface area contributed by atoms with Crippen LogP contribution in [-0.4, -0.2) is 51.9 Å². The first kappa shape index (κ1) is 25.5. The monoisotopic (exact) mass is 572 g/mol. The normalized spacial score (nSPS) is 25.9. The van der Waals surface area contributed by atoms with Gasteiger partial charge in [0.2, 0.25) is 11.3 Å². The maximum Gasteiger partial charge on any atom is 0.586 e. The third-order valence-electron chi connectivity index (χ3n) is 8.56. The van der Waals surface area contributed by atoms with Gasteiger partial charge in [0.25, 0.3) is 0 Å². The highest BCUT2D eigenvalue weighted by molar-refractivity contribution is 6.35. The largest absolute Gasteiger partial charge is 0.586 e. The maximum absolute atomic E-state index is 14.1. The molecule has 0 spiro atoms. The molecule has 5 heterocycles. The van der Waals surface area contributed by atoms with Crippen molar-refractivity contribution >= 4 is 40.0 Å². The van der Waals surface area contributed by atoms with Gasteiger partial charge in [0.15, 0.2) is 22.7 Å². The lowest BCUT2D eigenvalue weighted by molar-refractivity contribution is -0.286. The Morgan fingerprint density at radius 2 is 1.98 bits per heavy atom. The average Bonchev–Trinajstić information content (AvgIpc) is 3.39. The van der Waals surface area contributed by atoms with Crippen molar-refractivity contribution in [3.05, 3.63) is 44.5 Å². The summed E-state index contributed by atoms with van der Waals surface area (Å²) in [6.07, 6.45) is -1.40. The number of ether oxygens (including phenoxy) is 2. The van der Waals surface area contributed by atoms with E-state index in [0.717, 1.165) is 25.1 Å². The minimum Gasteiger partial charge on any atom is -0.395 e. The number of carbonyl (C=O) groups excluding carboxylic acids is 1. The minimum atomic E-state index is -3.84. The minimum absolute atomic E-state index is 0.107. The number of amides is 1. The molecule has 2 fully saturated rings. The van der Waals surface area contributed by atoms with Crippen LogP contribution in [0.15, 0.2) is 16.9 Å². The fourth-order valence-electron chi connectivity index (χ4n) is 6.41. The van der Waals surface area contributed by atoms with Crippen LogP contribution in [0.5, 0.6) is 11.5 Å². The molecule has 7 rings (SSSR count). The van der Waals surface area contributed by atoms with E-state index in [1.807, 2.05) is 25.3 Å². The van der Waals surface area contributed by atoms with Crippen LogP contribution in [-0.2, 0) is 4.79 Å². The van der Waals surface area contributed by atoms with Gasteiger partial charge in [-0.3, -0.25) is 9.59 Å². The fraction of sp³-hybridized carbons (Fsp3) is 0.481. The molecule has 3 aliphatic heterocycles. The molecule has 4 atom stereocenters. The summed E-state index contributed by atoms with van der Waals surface area (Å²) >= 11 is 6.34. The topological polar surface area (TPSA) is 111 Å². The molecule has 2 N–H and O–H groups in total. The van der Waals surface area contributed by atoms with E-state index < -0.39 is 18.2 Å². The van der Waals surface area contributed by atoms with Crippen molar-refractivity contribution < 1.29 is 23.0 Å². The molecule has 13 heteroatoms. The number of halogens is 3. The first-order valence-corrected chi connectivity index (χ1v) is 13.7. The van der Waals surface area contributed by atoms with Crippen molar-refractivity contribution in [2.75, 3.05) is 23.3 Å². The first-order valence-electron chi connectivity index (χ1n) is 13.4. The van der Waals surface area contributed by atoms with Crippen LogP contribution in [0.2, 0.25) is 5.02 Å². The summed E-state index contributed by atoms with van der Waals surface area (Å²) in [6.45, 7) is 7.06. The average molecular weight is 573 g/mol. The van der Waals surface area contributed by atoms with Crippen molar-refractivity contribution in [3.63, 3.8) is 0 Å². The van der Waals surface area contributed by atoms with Gasteiger partial charge < -0.3 is 29.6 Å². The van der Waals surface area contributed by atoms with Crippen molar-refractivity contribution in [1.82, 2.24) is 19.9 Å². The molecular formula is C27H27ClF2N6O4. The number of piperazine rings is 1. The molecule has 2 aromatic heterocycles. The van der Waals surface area contributed by atoms with Crippen LogP contribution in [0.3, 0.4) is 0 Å². The highest BCUT2D eigenvalue weighted by atomic mass is 35.5. The molecule has 1 amide bonds. The smallest absolute Gasteiger partial charge is 0.395 e. The van der Waals surface area contributed by atoms with E-state index >= 15 is 0 Å². The zero-order valence-electron chi connectivity index (χ0n) is 22.1. The SMILES string of the molecule is Cc1nc2c(=O)c(N3CCN[C@H]4CC[C@@H]43)c3n(c2nc1C)[C@@H](C(=O)Nc1ccc2c(c1Cl)OC(F)(F)O2)CC3C. The van der Waals surface area contributed by atoms with Gasteiger partial charge in [0.1, 0.15) is 16.8 Å². The number of hydrogen-bond acceptors (Lipinski definition) is 8. The fourth-order valence-corrected chi connectivity index (χ4v) is 6.65. The number of anilines is 2. The molecule has 40 heavy (non-hydrogen) atoms. The van der Waals surface area contributed by atoms with Crippen LogP contribution in [0.25, 0.3) is 11.2 Å². The summed E-state index contributed by atoms with van der Waals surface area (Å²) < 4.78 is 38.1. The number of nitrogens with zero attached hydrogens (tertiary/aromatic N) is 4. The maximum atomic E-state index is 14.1. The second-order valence-corrected chi connectivity index (χ2v) is 11.3. The number of nitrogens with one attached hydrogen (secondary N) is 2. The lowest BCUT2D eigenvalue weighted by atomic mass is 9.82. The molecule has 1 aliphatic carbocycles. The predicted molar refractivity (Wildman–Crippen MR) is 144 cm³/mol. The molecule has 210 valence electrons. The molecule has 0 bridgehead atoms. The van der Waals surface area contributed by atoms with Crippen LogP contribution >= 0.6 is 11.6 Å². The molecular weight excluding hydrogens is 546 g/mol. The molecule has 1 saturated heterocycles. The van der Waals surface area contributed by atoms with Crippen LogP contribution < -0.4 is 30.4 Å². The lowest BCUT2D eigenvalue weighted by Crippen LogP contribution is -2.64. The van der Waals surface area contributed by atoms with Crippen molar-refractivity contribution in [2.24, 2.45) is 0 Å². The van der Waals surface area contributed by atoms with Gasteiger partial charge in [-0.1, -0.05) is 18.5 Å². The number of pyridine rings is 1. The van der Waals surface area contributed by atoms with E-state index in [1.54, 1.807) is 0 Å². The van der Waals surface area contributed by atoms with E-state index in [4.69, 9.17) is 16.6 Å². The highest BCUT2D eigenvalue weighted by Gasteiger charge is 2.46. The Morgan fingerprint density at radius 3 is 2.73 bits per heavy atom. The third kappa shape index (κ3) is 3.68. The zero-order chi connectivity index (χ0) is 28.1. The number of carbonyl (C=O) groups is 1. The van der Waals surface area contributed by atoms with E-state index in [9.17, 15) is 18.4 Å². The second-order valence-electron chi connectivity index (χ2n) is 11.0. The Hall–Kier alpha value is -3.51. The summed E-state index contributed by atoms with van der Waals surface area (Å²) in [5.41, 5.74) is 3.18. The Balaban J connectivity index is 1.35. The Kier molecular flexibility index (Phi) is 5.56. The van der Waals surface area contributed by atoms with E-state index in [2.05, 4.69) is 30.0 Å². The number of rotatable bonds is 3. The summed E-state index contributed by atoms with van der Waals surface area (Å²) in [7, 11) is 0. The first-order chi connectivity index (χ1) is 19.0. The van der Waals surface area contributed by atoms with Gasteiger partial charge in [0.05, 0.1) is 22.8 Å². The van der Waals surface area contributed by atoms with Gasteiger partial charge in [-0.05, 0) is 45.2 Å². The molecule has 1 aromatic carbocycles. The summed E-state index contributed by atoms with van der Waals surface area (Å²) in [5, 5.41) is 6.12. The van der Waals surface area contributed by atoms with E-state index in [1.165, 1.54) is 12.1 Å².